The van der Waals surface area contributed by atoms with Crippen molar-refractivity contribution in [1.82, 2.24) is 9.78 Å². The predicted molar refractivity (Wildman–Crippen MR) is 77.7 cm³/mol. The van der Waals surface area contributed by atoms with E-state index in [0.29, 0.717) is 18.7 Å². The first kappa shape index (κ1) is 13.9. The highest BCUT2D eigenvalue weighted by atomic mass is 79.9. The fourth-order valence-electron chi connectivity index (χ4n) is 2.35. The van der Waals surface area contributed by atoms with Gasteiger partial charge >= 0.3 is 0 Å². The molecule has 0 bridgehead atoms. The maximum atomic E-state index is 13.7. The number of carbonyl (C=O) groups is 2. The van der Waals surface area contributed by atoms with Crippen molar-refractivity contribution in [2.24, 2.45) is 7.05 Å². The molecule has 1 amide bonds. The Balaban J connectivity index is 1.88. The Morgan fingerprint density at radius 1 is 1.33 bits per heavy atom. The van der Waals surface area contributed by atoms with Crippen LogP contribution in [0, 0.1) is 5.82 Å². The van der Waals surface area contributed by atoms with Crippen molar-refractivity contribution in [3.63, 3.8) is 0 Å². The van der Waals surface area contributed by atoms with E-state index in [4.69, 9.17) is 0 Å². The van der Waals surface area contributed by atoms with Gasteiger partial charge in [0.1, 0.15) is 5.82 Å². The van der Waals surface area contributed by atoms with Gasteiger partial charge in [0.05, 0.1) is 21.9 Å². The Morgan fingerprint density at radius 2 is 2.10 bits per heavy atom. The number of aryl methyl sites for hydroxylation is 1. The number of carbonyl (C=O) groups excluding carboxylic acids is 2. The van der Waals surface area contributed by atoms with E-state index < -0.39 is 17.5 Å². The van der Waals surface area contributed by atoms with Gasteiger partial charge in [0.2, 0.25) is 0 Å². The van der Waals surface area contributed by atoms with Crippen LogP contribution in [0.2, 0.25) is 0 Å². The summed E-state index contributed by atoms with van der Waals surface area (Å²) in [5.74, 6) is -1.72. The van der Waals surface area contributed by atoms with Crippen LogP contribution < -0.4 is 4.90 Å². The second-order valence-corrected chi connectivity index (χ2v) is 5.70. The van der Waals surface area contributed by atoms with Crippen LogP contribution in [0.1, 0.15) is 15.9 Å². The molecule has 108 valence electrons. The van der Waals surface area contributed by atoms with Crippen LogP contribution >= 0.6 is 15.9 Å². The molecule has 0 saturated carbocycles. The zero-order valence-corrected chi connectivity index (χ0v) is 12.7. The van der Waals surface area contributed by atoms with Crippen molar-refractivity contribution in [2.45, 2.75) is 6.42 Å². The summed E-state index contributed by atoms with van der Waals surface area (Å²) in [6.45, 7) is 0.310. The van der Waals surface area contributed by atoms with E-state index in [1.807, 2.05) is 6.20 Å². The van der Waals surface area contributed by atoms with Crippen LogP contribution in [0.5, 0.6) is 0 Å². The van der Waals surface area contributed by atoms with E-state index in [1.54, 1.807) is 17.9 Å². The normalized spacial score (nSPS) is 14.0. The van der Waals surface area contributed by atoms with E-state index in [1.165, 1.54) is 17.0 Å². The monoisotopic (exact) mass is 351 g/mol. The van der Waals surface area contributed by atoms with Crippen molar-refractivity contribution in [3.8, 4) is 0 Å². The zero-order valence-electron chi connectivity index (χ0n) is 11.1. The van der Waals surface area contributed by atoms with Gasteiger partial charge in [0.15, 0.2) is 0 Å². The molecule has 0 unspecified atom stereocenters. The summed E-state index contributed by atoms with van der Waals surface area (Å²) >= 11 is 3.03. The van der Waals surface area contributed by atoms with Crippen molar-refractivity contribution >= 4 is 33.3 Å². The average Bonchev–Trinajstić information content (AvgIpc) is 2.95. The summed E-state index contributed by atoms with van der Waals surface area (Å²) in [5.41, 5.74) is 1.51. The molecule has 1 aliphatic heterocycles. The van der Waals surface area contributed by atoms with E-state index in [2.05, 4.69) is 21.0 Å². The first-order valence-corrected chi connectivity index (χ1v) is 7.09. The number of Topliss-reactive ketones (excluding diaryl/α,β-unsaturated/α-hetero) is 1. The second-order valence-electron chi connectivity index (χ2n) is 4.84. The Kier molecular flexibility index (Phi) is 3.36. The highest BCUT2D eigenvalue weighted by Gasteiger charge is 2.36. The Bertz CT molecular complexity index is 757. The van der Waals surface area contributed by atoms with Gasteiger partial charge in [0.25, 0.3) is 11.7 Å². The number of hydrogen-bond acceptors (Lipinski definition) is 3. The van der Waals surface area contributed by atoms with Crippen LogP contribution in [-0.2, 0) is 18.3 Å². The standard InChI is InChI=1S/C14H11BrFN3O2/c1-18-7-8(6-17-18)2-3-19-12-5-11(16)10(15)4-9(12)13(20)14(19)21/h4-7H,2-3H2,1H3. The molecule has 5 nitrogen and oxygen atoms in total. The number of nitrogens with zero attached hydrogens (tertiary/aromatic N) is 3. The molecule has 0 atom stereocenters. The molecule has 21 heavy (non-hydrogen) atoms. The number of fused-ring (bicyclic) bond motifs is 1. The molecule has 3 rings (SSSR count). The lowest BCUT2D eigenvalue weighted by Crippen LogP contribution is -2.31. The third-order valence-corrected chi connectivity index (χ3v) is 4.00. The van der Waals surface area contributed by atoms with Gasteiger partial charge in [-0.25, -0.2) is 4.39 Å². The highest BCUT2D eigenvalue weighted by Crippen LogP contribution is 2.33. The van der Waals surface area contributed by atoms with Crippen LogP contribution in [0.4, 0.5) is 10.1 Å². The fraction of sp³-hybridized carbons (Fsp3) is 0.214. The maximum Gasteiger partial charge on any atom is 0.299 e. The Labute approximate surface area is 128 Å². The molecule has 2 heterocycles. The summed E-state index contributed by atoms with van der Waals surface area (Å²) in [5, 5.41) is 4.05. The fourth-order valence-corrected chi connectivity index (χ4v) is 2.70. The molecule has 0 fully saturated rings. The number of benzene rings is 1. The number of aromatic nitrogens is 2. The Morgan fingerprint density at radius 3 is 2.76 bits per heavy atom. The Hall–Kier alpha value is -2.02. The van der Waals surface area contributed by atoms with Crippen LogP contribution in [0.3, 0.4) is 0 Å². The van der Waals surface area contributed by atoms with Gasteiger partial charge in [-0.2, -0.15) is 5.10 Å². The number of rotatable bonds is 3. The van der Waals surface area contributed by atoms with Gasteiger partial charge in [-0.3, -0.25) is 14.3 Å². The number of hydrogen-bond donors (Lipinski definition) is 0. The SMILES string of the molecule is Cn1cc(CCN2C(=O)C(=O)c3cc(Br)c(F)cc32)cn1. The lowest BCUT2D eigenvalue weighted by Gasteiger charge is -2.16. The maximum absolute atomic E-state index is 13.7. The van der Waals surface area contributed by atoms with Gasteiger partial charge in [0, 0.05) is 19.8 Å². The van der Waals surface area contributed by atoms with Gasteiger partial charge in [-0.15, -0.1) is 0 Å². The summed E-state index contributed by atoms with van der Waals surface area (Å²) in [6, 6.07) is 2.57. The molecule has 0 saturated heterocycles. The molecule has 0 radical (unpaired) electrons. The summed E-state index contributed by atoms with van der Waals surface area (Å²) in [7, 11) is 1.80. The molecule has 0 spiro atoms. The van der Waals surface area contributed by atoms with Gasteiger partial charge < -0.3 is 4.90 Å². The molecule has 2 aromatic rings. The van der Waals surface area contributed by atoms with E-state index in [-0.39, 0.29) is 10.0 Å². The third kappa shape index (κ3) is 2.37. The molecule has 1 aromatic heterocycles. The van der Waals surface area contributed by atoms with E-state index in [9.17, 15) is 14.0 Å². The van der Waals surface area contributed by atoms with Crippen LogP contribution in [0.15, 0.2) is 29.0 Å². The molecule has 1 aromatic carbocycles. The minimum Gasteiger partial charge on any atom is -0.304 e. The molecule has 7 heteroatoms. The zero-order chi connectivity index (χ0) is 15.1. The van der Waals surface area contributed by atoms with Crippen LogP contribution in [0.25, 0.3) is 0 Å². The van der Waals surface area contributed by atoms with Crippen molar-refractivity contribution in [1.29, 1.82) is 0 Å². The smallest absolute Gasteiger partial charge is 0.299 e. The lowest BCUT2D eigenvalue weighted by atomic mass is 10.1. The largest absolute Gasteiger partial charge is 0.304 e. The van der Waals surface area contributed by atoms with E-state index in [0.717, 1.165) is 5.56 Å². The van der Waals surface area contributed by atoms with Crippen LogP contribution in [-0.4, -0.2) is 28.0 Å². The molecular weight excluding hydrogens is 341 g/mol. The number of ketones is 1. The number of halogens is 2. The molecule has 1 aliphatic rings. The summed E-state index contributed by atoms with van der Waals surface area (Å²) in [6.07, 6.45) is 4.08. The molecule has 0 aliphatic carbocycles. The van der Waals surface area contributed by atoms with Gasteiger partial charge in [-0.1, -0.05) is 0 Å². The average molecular weight is 352 g/mol. The van der Waals surface area contributed by atoms with Crippen molar-refractivity contribution in [3.05, 3.63) is 45.9 Å². The highest BCUT2D eigenvalue weighted by molar-refractivity contribution is 9.10. The summed E-state index contributed by atoms with van der Waals surface area (Å²) in [4.78, 5) is 25.3. The third-order valence-electron chi connectivity index (χ3n) is 3.40. The summed E-state index contributed by atoms with van der Waals surface area (Å²) < 4.78 is 15.5. The second kappa shape index (κ2) is 5.07. The van der Waals surface area contributed by atoms with Gasteiger partial charge in [-0.05, 0) is 40.0 Å². The van der Waals surface area contributed by atoms with E-state index >= 15 is 0 Å². The quantitative estimate of drug-likeness (QED) is 0.795. The first-order valence-electron chi connectivity index (χ1n) is 6.30. The first-order chi connectivity index (χ1) is 9.97. The number of anilines is 1. The molecular formula is C14H11BrFN3O2. The van der Waals surface area contributed by atoms with Crippen molar-refractivity contribution in [2.75, 3.05) is 11.4 Å². The molecule has 0 N–H and O–H groups in total. The predicted octanol–water partition coefficient (Wildman–Crippen LogP) is 2.09. The topological polar surface area (TPSA) is 55.2 Å². The minimum atomic E-state index is -0.619. The van der Waals surface area contributed by atoms with Crippen molar-refractivity contribution < 1.29 is 14.0 Å². The lowest BCUT2D eigenvalue weighted by molar-refractivity contribution is -0.114. The number of amides is 1. The minimum absolute atomic E-state index is 0.177.